The molecule has 136 valence electrons. The van der Waals surface area contributed by atoms with Gasteiger partial charge in [-0.2, -0.15) is 13.2 Å². The number of piperazine rings is 1. The van der Waals surface area contributed by atoms with E-state index >= 15 is 0 Å². The molecule has 1 aliphatic heterocycles. The van der Waals surface area contributed by atoms with Gasteiger partial charge in [0, 0.05) is 39.1 Å². The summed E-state index contributed by atoms with van der Waals surface area (Å²) in [5.41, 5.74) is 0. The van der Waals surface area contributed by atoms with Gasteiger partial charge < -0.3 is 10.6 Å². The number of nitrogens with one attached hydrogen (secondary N) is 2. The third kappa shape index (κ3) is 6.85. The van der Waals surface area contributed by atoms with Crippen molar-refractivity contribution in [3.63, 3.8) is 0 Å². The fourth-order valence-corrected chi connectivity index (χ4v) is 3.38. The molecule has 1 amide bonds. The van der Waals surface area contributed by atoms with E-state index in [0.29, 0.717) is 38.5 Å². The van der Waals surface area contributed by atoms with Gasteiger partial charge in [0.1, 0.15) is 6.04 Å². The van der Waals surface area contributed by atoms with Crippen LogP contribution >= 0.6 is 12.4 Å². The van der Waals surface area contributed by atoms with Crippen LogP contribution in [0.3, 0.4) is 0 Å². The number of carbonyl (C=O) groups excluding carboxylic acids is 1. The molecule has 1 saturated heterocycles. The molecule has 1 heterocycles. The lowest BCUT2D eigenvalue weighted by molar-refractivity contribution is -0.184. The second kappa shape index (κ2) is 9.69. The van der Waals surface area contributed by atoms with Crippen LogP contribution in [0.1, 0.15) is 38.5 Å². The number of hydrogen-bond donors (Lipinski definition) is 2. The van der Waals surface area contributed by atoms with Crippen LogP contribution in [0, 0.1) is 5.92 Å². The molecule has 1 saturated carbocycles. The maximum atomic E-state index is 13.2. The van der Waals surface area contributed by atoms with E-state index in [1.165, 1.54) is 11.3 Å². The average molecular weight is 358 g/mol. The third-order valence-corrected chi connectivity index (χ3v) is 4.66. The zero-order valence-corrected chi connectivity index (χ0v) is 14.1. The van der Waals surface area contributed by atoms with Crippen molar-refractivity contribution in [2.45, 2.75) is 50.7 Å². The number of hydrogen-bond acceptors (Lipinski definition) is 3. The highest BCUT2D eigenvalue weighted by Gasteiger charge is 2.43. The molecule has 2 rings (SSSR count). The van der Waals surface area contributed by atoms with Crippen LogP contribution in [0.5, 0.6) is 0 Å². The number of carbonyl (C=O) groups is 1. The molecule has 1 unspecified atom stereocenters. The Labute approximate surface area is 142 Å². The zero-order chi connectivity index (χ0) is 16.0. The number of halogens is 4. The Morgan fingerprint density at radius 1 is 1.17 bits per heavy atom. The lowest BCUT2D eigenvalue weighted by Gasteiger charge is -2.36. The smallest absolute Gasteiger partial charge is 0.354 e. The standard InChI is InChI=1S/C15H26F3N3O.ClH/c16-15(17,18)13(21-8-6-19-7-9-21)11-20-14(22)10-12-4-2-1-3-5-12;/h12-13,19H,1-11H2,(H,20,22);1H. The minimum atomic E-state index is -4.31. The lowest BCUT2D eigenvalue weighted by Crippen LogP contribution is -2.57. The van der Waals surface area contributed by atoms with Crippen LogP contribution in [0.15, 0.2) is 0 Å². The van der Waals surface area contributed by atoms with Gasteiger partial charge in [-0.25, -0.2) is 0 Å². The van der Waals surface area contributed by atoms with Crippen molar-refractivity contribution < 1.29 is 18.0 Å². The number of nitrogens with zero attached hydrogens (tertiary/aromatic N) is 1. The summed E-state index contributed by atoms with van der Waals surface area (Å²) >= 11 is 0. The van der Waals surface area contributed by atoms with E-state index < -0.39 is 12.2 Å². The maximum absolute atomic E-state index is 13.2. The number of rotatable bonds is 5. The Morgan fingerprint density at radius 2 is 1.78 bits per heavy atom. The Bertz CT molecular complexity index is 356. The molecule has 0 spiro atoms. The fraction of sp³-hybridized carbons (Fsp3) is 0.933. The summed E-state index contributed by atoms with van der Waals surface area (Å²) in [7, 11) is 0. The molecule has 2 fully saturated rings. The molecule has 0 aromatic rings. The van der Waals surface area contributed by atoms with Crippen molar-refractivity contribution in [3.8, 4) is 0 Å². The summed E-state index contributed by atoms with van der Waals surface area (Å²) in [4.78, 5) is 13.3. The maximum Gasteiger partial charge on any atom is 0.405 e. The summed E-state index contributed by atoms with van der Waals surface area (Å²) in [6.07, 6.45) is 1.56. The monoisotopic (exact) mass is 357 g/mol. The van der Waals surface area contributed by atoms with Crippen LogP contribution in [0.2, 0.25) is 0 Å². The van der Waals surface area contributed by atoms with Crippen molar-refractivity contribution in [2.75, 3.05) is 32.7 Å². The zero-order valence-electron chi connectivity index (χ0n) is 13.3. The van der Waals surface area contributed by atoms with Gasteiger partial charge in [0.25, 0.3) is 0 Å². The number of alkyl halides is 3. The van der Waals surface area contributed by atoms with Crippen molar-refractivity contribution in [1.82, 2.24) is 15.5 Å². The van der Waals surface area contributed by atoms with E-state index in [0.717, 1.165) is 25.7 Å². The first kappa shape index (κ1) is 20.5. The predicted molar refractivity (Wildman–Crippen MR) is 85.7 cm³/mol. The van der Waals surface area contributed by atoms with Crippen LogP contribution < -0.4 is 10.6 Å². The van der Waals surface area contributed by atoms with Gasteiger partial charge in [-0.3, -0.25) is 9.69 Å². The highest BCUT2D eigenvalue weighted by molar-refractivity contribution is 5.85. The Balaban J connectivity index is 0.00000264. The van der Waals surface area contributed by atoms with Crippen LogP contribution in [0.25, 0.3) is 0 Å². The second-order valence-electron chi connectivity index (χ2n) is 6.36. The Morgan fingerprint density at radius 3 is 2.35 bits per heavy atom. The van der Waals surface area contributed by atoms with E-state index in [4.69, 9.17) is 0 Å². The van der Waals surface area contributed by atoms with Crippen molar-refractivity contribution in [2.24, 2.45) is 5.92 Å². The number of amides is 1. The SMILES string of the molecule is Cl.O=C(CC1CCCCC1)NCC(N1CCNCC1)C(F)(F)F. The van der Waals surface area contributed by atoms with Crippen LogP contribution in [-0.2, 0) is 4.79 Å². The summed E-state index contributed by atoms with van der Waals surface area (Å²) in [5, 5.41) is 5.56. The molecule has 0 aromatic carbocycles. The molecule has 0 aromatic heterocycles. The van der Waals surface area contributed by atoms with Gasteiger partial charge in [-0.15, -0.1) is 12.4 Å². The quantitative estimate of drug-likeness (QED) is 0.793. The molecule has 1 atom stereocenters. The van der Waals surface area contributed by atoms with E-state index in [-0.39, 0.29) is 24.9 Å². The van der Waals surface area contributed by atoms with Crippen molar-refractivity contribution in [1.29, 1.82) is 0 Å². The van der Waals surface area contributed by atoms with Gasteiger partial charge in [0.15, 0.2) is 0 Å². The third-order valence-electron chi connectivity index (χ3n) is 4.66. The minimum Gasteiger partial charge on any atom is -0.354 e. The van der Waals surface area contributed by atoms with E-state index in [2.05, 4.69) is 10.6 Å². The molecule has 2 aliphatic rings. The Hall–Kier alpha value is -0.530. The largest absolute Gasteiger partial charge is 0.405 e. The summed E-state index contributed by atoms with van der Waals surface area (Å²) in [5.74, 6) is 0.105. The van der Waals surface area contributed by atoms with E-state index in [9.17, 15) is 18.0 Å². The fourth-order valence-electron chi connectivity index (χ4n) is 3.38. The minimum absolute atomic E-state index is 0. The van der Waals surface area contributed by atoms with Gasteiger partial charge >= 0.3 is 6.18 Å². The van der Waals surface area contributed by atoms with E-state index in [1.54, 1.807) is 0 Å². The summed E-state index contributed by atoms with van der Waals surface area (Å²) < 4.78 is 39.6. The summed E-state index contributed by atoms with van der Waals surface area (Å²) in [6, 6.07) is -1.58. The van der Waals surface area contributed by atoms with Crippen LogP contribution in [-0.4, -0.2) is 55.7 Å². The van der Waals surface area contributed by atoms with E-state index in [1.807, 2.05) is 0 Å². The topological polar surface area (TPSA) is 44.4 Å². The predicted octanol–water partition coefficient (Wildman–Crippen LogP) is 2.33. The first-order chi connectivity index (χ1) is 10.5. The van der Waals surface area contributed by atoms with Crippen molar-refractivity contribution in [3.05, 3.63) is 0 Å². The molecule has 0 radical (unpaired) electrons. The Kier molecular flexibility index (Phi) is 8.64. The van der Waals surface area contributed by atoms with Gasteiger partial charge in [-0.1, -0.05) is 19.3 Å². The van der Waals surface area contributed by atoms with Gasteiger partial charge in [0.2, 0.25) is 5.91 Å². The molecule has 0 bridgehead atoms. The first-order valence-corrected chi connectivity index (χ1v) is 8.25. The second-order valence-corrected chi connectivity index (χ2v) is 6.36. The highest BCUT2D eigenvalue weighted by atomic mass is 35.5. The lowest BCUT2D eigenvalue weighted by atomic mass is 9.87. The molecule has 2 N–H and O–H groups in total. The first-order valence-electron chi connectivity index (χ1n) is 8.25. The molecule has 1 aliphatic carbocycles. The normalized spacial score (nSPS) is 22.2. The van der Waals surface area contributed by atoms with Gasteiger partial charge in [-0.05, 0) is 18.8 Å². The molecule has 4 nitrogen and oxygen atoms in total. The van der Waals surface area contributed by atoms with Gasteiger partial charge in [0.05, 0.1) is 0 Å². The molecule has 23 heavy (non-hydrogen) atoms. The van der Waals surface area contributed by atoms with Crippen LogP contribution in [0.4, 0.5) is 13.2 Å². The summed E-state index contributed by atoms with van der Waals surface area (Å²) in [6.45, 7) is 1.51. The van der Waals surface area contributed by atoms with Crippen molar-refractivity contribution >= 4 is 18.3 Å². The molecular weight excluding hydrogens is 331 g/mol. The molecule has 8 heteroatoms. The average Bonchev–Trinajstić information content (AvgIpc) is 2.48. The molecular formula is C15H27ClF3N3O. The highest BCUT2D eigenvalue weighted by Crippen LogP contribution is 2.27.